The third-order valence-corrected chi connectivity index (χ3v) is 8.50. The van der Waals surface area contributed by atoms with Gasteiger partial charge in [0.2, 0.25) is 15.9 Å². The van der Waals surface area contributed by atoms with Crippen LogP contribution in [0.2, 0.25) is 5.02 Å². The Balaban J connectivity index is 1.29. The second kappa shape index (κ2) is 9.30. The first-order valence-electron chi connectivity index (χ1n) is 11.1. The maximum Gasteiger partial charge on any atom is 0.251 e. The first-order chi connectivity index (χ1) is 16.8. The molecule has 5 rings (SSSR count). The Bertz CT molecular complexity index is 1280. The molecule has 2 saturated heterocycles. The Morgan fingerprint density at radius 2 is 1.69 bits per heavy atom. The number of anilines is 1. The maximum absolute atomic E-state index is 13.2. The molecule has 0 aromatic heterocycles. The molecule has 0 spiro atoms. The number of rotatable bonds is 5. The predicted molar refractivity (Wildman–Crippen MR) is 127 cm³/mol. The topological polar surface area (TPSA) is 106 Å². The number of hydrogen-bond acceptors (Lipinski definition) is 8. The summed E-state index contributed by atoms with van der Waals surface area (Å²) in [7, 11) is -2.30. The number of nitrogens with zero attached hydrogens (tertiary/aromatic N) is 3. The van der Waals surface area contributed by atoms with Crippen molar-refractivity contribution in [3.05, 3.63) is 41.4 Å². The maximum atomic E-state index is 13.2. The van der Waals surface area contributed by atoms with Crippen molar-refractivity contribution < 1.29 is 32.2 Å². The van der Waals surface area contributed by atoms with Crippen LogP contribution in [0, 0.1) is 0 Å². The quantitative estimate of drug-likeness (QED) is 0.548. The molecular weight excluding hydrogens is 498 g/mol. The largest absolute Gasteiger partial charge is 0.495 e. The molecule has 2 aromatic carbocycles. The normalized spacial score (nSPS) is 21.4. The molecule has 2 aromatic rings. The molecule has 3 aliphatic heterocycles. The Labute approximate surface area is 207 Å². The van der Waals surface area contributed by atoms with Gasteiger partial charge in [-0.3, -0.25) is 14.5 Å². The van der Waals surface area contributed by atoms with Gasteiger partial charge >= 0.3 is 0 Å². The average Bonchev–Trinajstić information content (AvgIpc) is 3.17. The van der Waals surface area contributed by atoms with Crippen molar-refractivity contribution in [3.8, 4) is 17.2 Å². The molecule has 0 radical (unpaired) electrons. The van der Waals surface area contributed by atoms with Crippen molar-refractivity contribution in [1.29, 1.82) is 0 Å². The SMILES string of the molecule is COc1ccc(Cl)cc1N1C(=O)CC(N2CCN(S(=O)(=O)c3ccc4c(c3)OCCO4)CC2)C1=O. The van der Waals surface area contributed by atoms with E-state index in [4.69, 9.17) is 25.8 Å². The molecule has 12 heteroatoms. The number of benzene rings is 2. The summed E-state index contributed by atoms with van der Waals surface area (Å²) in [5.74, 6) is 0.561. The van der Waals surface area contributed by atoms with Crippen molar-refractivity contribution in [3.63, 3.8) is 0 Å². The first-order valence-corrected chi connectivity index (χ1v) is 13.0. The van der Waals surface area contributed by atoms with Crippen LogP contribution < -0.4 is 19.1 Å². The Morgan fingerprint density at radius 3 is 2.40 bits per heavy atom. The number of fused-ring (bicyclic) bond motifs is 1. The van der Waals surface area contributed by atoms with Gasteiger partial charge in [-0.15, -0.1) is 0 Å². The first kappa shape index (κ1) is 23.9. The van der Waals surface area contributed by atoms with Crippen molar-refractivity contribution in [2.24, 2.45) is 0 Å². The van der Waals surface area contributed by atoms with Gasteiger partial charge in [-0.05, 0) is 30.3 Å². The minimum Gasteiger partial charge on any atom is -0.495 e. The Kier molecular flexibility index (Phi) is 6.34. The summed E-state index contributed by atoms with van der Waals surface area (Å²) in [4.78, 5) is 29.1. The van der Waals surface area contributed by atoms with E-state index < -0.39 is 16.1 Å². The molecule has 3 aliphatic rings. The summed E-state index contributed by atoms with van der Waals surface area (Å²) in [6, 6.07) is 8.65. The number of imide groups is 1. The van der Waals surface area contributed by atoms with Gasteiger partial charge in [-0.25, -0.2) is 13.3 Å². The molecule has 0 N–H and O–H groups in total. The highest BCUT2D eigenvalue weighted by Gasteiger charge is 2.45. The van der Waals surface area contributed by atoms with E-state index in [1.165, 1.54) is 29.6 Å². The molecule has 1 atom stereocenters. The van der Waals surface area contributed by atoms with Crippen LogP contribution in [0.3, 0.4) is 0 Å². The van der Waals surface area contributed by atoms with Crippen molar-refractivity contribution in [2.75, 3.05) is 51.4 Å². The van der Waals surface area contributed by atoms with E-state index >= 15 is 0 Å². The predicted octanol–water partition coefficient (Wildman–Crippen LogP) is 1.76. The number of hydrogen-bond donors (Lipinski definition) is 0. The van der Waals surface area contributed by atoms with E-state index in [1.807, 2.05) is 4.90 Å². The molecule has 2 amide bonds. The Hall–Kier alpha value is -2.86. The van der Waals surface area contributed by atoms with E-state index in [9.17, 15) is 18.0 Å². The lowest BCUT2D eigenvalue weighted by Crippen LogP contribution is -2.53. The van der Waals surface area contributed by atoms with Crippen molar-refractivity contribution in [1.82, 2.24) is 9.21 Å². The van der Waals surface area contributed by atoms with E-state index in [0.29, 0.717) is 54.3 Å². The van der Waals surface area contributed by atoms with Crippen LogP contribution in [0.25, 0.3) is 0 Å². The van der Waals surface area contributed by atoms with E-state index in [-0.39, 0.29) is 36.2 Å². The molecule has 10 nitrogen and oxygen atoms in total. The van der Waals surface area contributed by atoms with Crippen LogP contribution in [-0.2, 0) is 19.6 Å². The lowest BCUT2D eigenvalue weighted by molar-refractivity contribution is -0.123. The zero-order valence-electron chi connectivity index (χ0n) is 19.0. The fraction of sp³-hybridized carbons (Fsp3) is 0.391. The second-order valence-corrected chi connectivity index (χ2v) is 10.7. The fourth-order valence-electron chi connectivity index (χ4n) is 4.58. The highest BCUT2D eigenvalue weighted by atomic mass is 35.5. The highest BCUT2D eigenvalue weighted by molar-refractivity contribution is 7.89. The lowest BCUT2D eigenvalue weighted by atomic mass is 10.2. The zero-order valence-corrected chi connectivity index (χ0v) is 20.5. The summed E-state index contributed by atoms with van der Waals surface area (Å²) in [6.07, 6.45) is 0.00338. The molecular formula is C23H24ClN3O7S. The number of ether oxygens (including phenoxy) is 3. The van der Waals surface area contributed by atoms with Gasteiger partial charge in [0, 0.05) is 37.3 Å². The van der Waals surface area contributed by atoms with Gasteiger partial charge in [0.05, 0.1) is 30.2 Å². The highest BCUT2D eigenvalue weighted by Crippen LogP contribution is 2.36. The Morgan fingerprint density at radius 1 is 0.971 bits per heavy atom. The number of carbonyl (C=O) groups excluding carboxylic acids is 2. The number of methoxy groups -OCH3 is 1. The van der Waals surface area contributed by atoms with Gasteiger partial charge in [0.1, 0.15) is 19.0 Å². The van der Waals surface area contributed by atoms with Crippen LogP contribution >= 0.6 is 11.6 Å². The summed E-state index contributed by atoms with van der Waals surface area (Å²) >= 11 is 6.09. The van der Waals surface area contributed by atoms with Crippen molar-refractivity contribution in [2.45, 2.75) is 17.4 Å². The van der Waals surface area contributed by atoms with Crippen LogP contribution in [0.15, 0.2) is 41.3 Å². The van der Waals surface area contributed by atoms with Gasteiger partial charge in [-0.2, -0.15) is 4.31 Å². The molecule has 1 unspecified atom stereocenters. The minimum atomic E-state index is -3.76. The van der Waals surface area contributed by atoms with Gasteiger partial charge in [-0.1, -0.05) is 11.6 Å². The number of amides is 2. The third-order valence-electron chi connectivity index (χ3n) is 6.37. The number of piperazine rings is 1. The van der Waals surface area contributed by atoms with E-state index in [0.717, 1.165) is 4.90 Å². The summed E-state index contributed by atoms with van der Waals surface area (Å²) in [6.45, 7) is 1.79. The smallest absolute Gasteiger partial charge is 0.251 e. The van der Waals surface area contributed by atoms with Crippen molar-refractivity contribution >= 4 is 39.1 Å². The van der Waals surface area contributed by atoms with Gasteiger partial charge in [0.25, 0.3) is 5.91 Å². The monoisotopic (exact) mass is 521 g/mol. The molecule has 2 fully saturated rings. The zero-order chi connectivity index (χ0) is 24.7. The van der Waals surface area contributed by atoms with Crippen LogP contribution in [0.5, 0.6) is 17.2 Å². The standard InChI is InChI=1S/C23H24ClN3O7S/c1-32-19-4-2-15(24)12-17(19)27-22(28)14-18(23(27)29)25-6-8-26(9-7-25)35(30,31)16-3-5-20-21(13-16)34-11-10-33-20/h2-5,12-13,18H,6-11,14H2,1H3. The number of sulfonamides is 1. The second-order valence-electron chi connectivity index (χ2n) is 8.35. The summed E-state index contributed by atoms with van der Waals surface area (Å²) < 4.78 is 44.1. The molecule has 35 heavy (non-hydrogen) atoms. The number of carbonyl (C=O) groups is 2. The minimum absolute atomic E-state index is 0.00338. The van der Waals surface area contributed by atoms with Gasteiger partial charge < -0.3 is 14.2 Å². The van der Waals surface area contributed by atoms with Gasteiger partial charge in [0.15, 0.2) is 11.5 Å². The van der Waals surface area contributed by atoms with Crippen LogP contribution in [0.1, 0.15) is 6.42 Å². The molecule has 0 aliphatic carbocycles. The lowest BCUT2D eigenvalue weighted by Gasteiger charge is -2.36. The third kappa shape index (κ3) is 4.33. The number of halogens is 1. The summed E-state index contributed by atoms with van der Waals surface area (Å²) in [5.41, 5.74) is 0.303. The van der Waals surface area contributed by atoms with E-state index in [1.54, 1.807) is 18.2 Å². The fourth-order valence-corrected chi connectivity index (χ4v) is 6.19. The average molecular weight is 522 g/mol. The molecule has 0 saturated carbocycles. The molecule has 186 valence electrons. The van der Waals surface area contributed by atoms with E-state index in [2.05, 4.69) is 0 Å². The van der Waals surface area contributed by atoms with Crippen LogP contribution in [0.4, 0.5) is 5.69 Å². The molecule has 0 bridgehead atoms. The summed E-state index contributed by atoms with van der Waals surface area (Å²) in [5, 5.41) is 0.378. The molecule has 3 heterocycles. The van der Waals surface area contributed by atoms with Crippen LogP contribution in [-0.4, -0.2) is 82.0 Å².